The Bertz CT molecular complexity index is 698. The third kappa shape index (κ3) is 2.53. The van der Waals surface area contributed by atoms with Gasteiger partial charge in [0.25, 0.3) is 0 Å². The van der Waals surface area contributed by atoms with E-state index in [1.165, 1.54) is 6.07 Å². The number of nitrogens with two attached hydrogens (primary N) is 1. The summed E-state index contributed by atoms with van der Waals surface area (Å²) in [7, 11) is 0. The van der Waals surface area contributed by atoms with Gasteiger partial charge in [-0.2, -0.15) is 13.2 Å². The molecule has 0 bridgehead atoms. The molecule has 0 aromatic heterocycles. The summed E-state index contributed by atoms with van der Waals surface area (Å²) in [6.45, 7) is 0.963. The summed E-state index contributed by atoms with van der Waals surface area (Å²) in [5.74, 6) is 0. The number of anilines is 2. The molecule has 21 heavy (non-hydrogen) atoms. The molecule has 110 valence electrons. The van der Waals surface area contributed by atoms with Crippen molar-refractivity contribution in [3.05, 3.63) is 58.1 Å². The fourth-order valence-electron chi connectivity index (χ4n) is 2.55. The molecule has 6 heteroatoms. The topological polar surface area (TPSA) is 29.3 Å². The minimum absolute atomic E-state index is 0.300. The van der Waals surface area contributed by atoms with Crippen LogP contribution in [0.25, 0.3) is 0 Å². The Hall–Kier alpha value is -1.88. The first-order valence-corrected chi connectivity index (χ1v) is 6.72. The zero-order chi connectivity index (χ0) is 15.2. The van der Waals surface area contributed by atoms with Crippen LogP contribution in [0.15, 0.2) is 36.4 Å². The zero-order valence-electron chi connectivity index (χ0n) is 10.9. The molecular formula is C15H12ClF3N2. The van der Waals surface area contributed by atoms with Gasteiger partial charge in [-0.25, -0.2) is 0 Å². The number of hydrogen-bond donors (Lipinski definition) is 1. The van der Waals surface area contributed by atoms with Crippen LogP contribution in [-0.2, 0) is 19.3 Å². The first-order valence-electron chi connectivity index (χ1n) is 6.34. The minimum Gasteiger partial charge on any atom is -0.398 e. The molecule has 2 nitrogen and oxygen atoms in total. The number of halogens is 4. The second-order valence-corrected chi connectivity index (χ2v) is 5.41. The fourth-order valence-corrected chi connectivity index (χ4v) is 2.79. The maximum Gasteiger partial charge on any atom is 0.416 e. The maximum absolute atomic E-state index is 12.8. The molecule has 1 aliphatic rings. The van der Waals surface area contributed by atoms with Crippen LogP contribution < -0.4 is 10.6 Å². The van der Waals surface area contributed by atoms with Crippen LogP contribution >= 0.6 is 11.6 Å². The van der Waals surface area contributed by atoms with Gasteiger partial charge in [0, 0.05) is 18.8 Å². The number of nitrogens with zero attached hydrogens (tertiary/aromatic N) is 1. The number of rotatable bonds is 1. The van der Waals surface area contributed by atoms with Gasteiger partial charge in [-0.1, -0.05) is 23.7 Å². The maximum atomic E-state index is 12.8. The molecule has 0 saturated carbocycles. The molecular weight excluding hydrogens is 301 g/mol. The molecule has 3 rings (SSSR count). The standard InChI is InChI=1S/C15H12ClF3N2/c16-12-5-4-10(15(17,18)19)6-14(12)21-7-9-2-1-3-13(20)11(9)8-21/h1-6H,7-8,20H2. The Kier molecular flexibility index (Phi) is 3.24. The van der Waals surface area contributed by atoms with E-state index < -0.39 is 11.7 Å². The summed E-state index contributed by atoms with van der Waals surface area (Å²) in [6.07, 6.45) is -4.38. The lowest BCUT2D eigenvalue weighted by molar-refractivity contribution is -0.137. The highest BCUT2D eigenvalue weighted by molar-refractivity contribution is 6.33. The molecule has 0 aliphatic carbocycles. The molecule has 1 aliphatic heterocycles. The summed E-state index contributed by atoms with van der Waals surface area (Å²) >= 11 is 6.07. The van der Waals surface area contributed by atoms with E-state index >= 15 is 0 Å². The number of nitrogen functional groups attached to an aromatic ring is 1. The average molecular weight is 313 g/mol. The lowest BCUT2D eigenvalue weighted by Gasteiger charge is -2.21. The van der Waals surface area contributed by atoms with Gasteiger partial charge in [0.2, 0.25) is 0 Å². The lowest BCUT2D eigenvalue weighted by atomic mass is 10.1. The second-order valence-electron chi connectivity index (χ2n) is 5.00. The van der Waals surface area contributed by atoms with E-state index in [0.717, 1.165) is 23.3 Å². The second kappa shape index (κ2) is 4.84. The van der Waals surface area contributed by atoms with Crippen LogP contribution in [-0.4, -0.2) is 0 Å². The van der Waals surface area contributed by atoms with Crippen LogP contribution in [0.4, 0.5) is 24.5 Å². The fraction of sp³-hybridized carbons (Fsp3) is 0.200. The summed E-state index contributed by atoms with van der Waals surface area (Å²) in [5, 5.41) is 0.300. The van der Waals surface area contributed by atoms with Gasteiger partial charge in [0.1, 0.15) is 0 Å². The Balaban J connectivity index is 1.98. The highest BCUT2D eigenvalue weighted by atomic mass is 35.5. The highest BCUT2D eigenvalue weighted by Crippen LogP contribution is 2.39. The van der Waals surface area contributed by atoms with Gasteiger partial charge in [-0.15, -0.1) is 0 Å². The molecule has 2 aromatic rings. The lowest BCUT2D eigenvalue weighted by Crippen LogP contribution is -2.16. The van der Waals surface area contributed by atoms with E-state index in [1.807, 2.05) is 12.1 Å². The smallest absolute Gasteiger partial charge is 0.398 e. The molecule has 0 atom stereocenters. The monoisotopic (exact) mass is 312 g/mol. The van der Waals surface area contributed by atoms with Gasteiger partial charge in [0.15, 0.2) is 0 Å². The Morgan fingerprint density at radius 1 is 1.10 bits per heavy atom. The first-order chi connectivity index (χ1) is 9.86. The average Bonchev–Trinajstić information content (AvgIpc) is 2.83. The van der Waals surface area contributed by atoms with E-state index in [-0.39, 0.29) is 0 Å². The molecule has 1 heterocycles. The number of benzene rings is 2. The highest BCUT2D eigenvalue weighted by Gasteiger charge is 2.32. The largest absolute Gasteiger partial charge is 0.416 e. The van der Waals surface area contributed by atoms with E-state index in [0.29, 0.717) is 29.5 Å². The molecule has 0 spiro atoms. The van der Waals surface area contributed by atoms with E-state index in [4.69, 9.17) is 17.3 Å². The van der Waals surface area contributed by atoms with E-state index in [9.17, 15) is 13.2 Å². The minimum atomic E-state index is -4.38. The third-order valence-electron chi connectivity index (χ3n) is 3.63. The van der Waals surface area contributed by atoms with Crippen LogP contribution in [0.1, 0.15) is 16.7 Å². The van der Waals surface area contributed by atoms with Crippen molar-refractivity contribution < 1.29 is 13.2 Å². The Morgan fingerprint density at radius 2 is 1.86 bits per heavy atom. The molecule has 0 saturated heterocycles. The summed E-state index contributed by atoms with van der Waals surface area (Å²) in [5.41, 5.74) is 8.20. The van der Waals surface area contributed by atoms with Crippen molar-refractivity contribution in [2.24, 2.45) is 0 Å². The number of alkyl halides is 3. The van der Waals surface area contributed by atoms with Gasteiger partial charge in [0.05, 0.1) is 16.3 Å². The quantitative estimate of drug-likeness (QED) is 0.788. The van der Waals surface area contributed by atoms with Gasteiger partial charge >= 0.3 is 6.18 Å². The van der Waals surface area contributed by atoms with Crippen molar-refractivity contribution >= 4 is 23.0 Å². The van der Waals surface area contributed by atoms with Crippen molar-refractivity contribution in [1.82, 2.24) is 0 Å². The SMILES string of the molecule is Nc1cccc2c1CN(c1cc(C(F)(F)F)ccc1Cl)C2. The van der Waals surface area contributed by atoms with Crippen molar-refractivity contribution in [1.29, 1.82) is 0 Å². The van der Waals surface area contributed by atoms with Crippen molar-refractivity contribution in [3.8, 4) is 0 Å². The van der Waals surface area contributed by atoms with E-state index in [1.54, 1.807) is 11.0 Å². The Morgan fingerprint density at radius 3 is 2.52 bits per heavy atom. The Labute approximate surface area is 124 Å². The van der Waals surface area contributed by atoms with Crippen LogP contribution in [0.2, 0.25) is 5.02 Å². The molecule has 2 N–H and O–H groups in total. The summed E-state index contributed by atoms with van der Waals surface area (Å²) in [6, 6.07) is 8.91. The van der Waals surface area contributed by atoms with Gasteiger partial charge < -0.3 is 10.6 Å². The molecule has 2 aromatic carbocycles. The molecule has 0 amide bonds. The van der Waals surface area contributed by atoms with Crippen molar-refractivity contribution in [2.45, 2.75) is 19.3 Å². The van der Waals surface area contributed by atoms with Crippen LogP contribution in [0.5, 0.6) is 0 Å². The van der Waals surface area contributed by atoms with Crippen LogP contribution in [0, 0.1) is 0 Å². The summed E-state index contributed by atoms with van der Waals surface area (Å²) < 4.78 is 38.5. The van der Waals surface area contributed by atoms with Crippen LogP contribution in [0.3, 0.4) is 0 Å². The van der Waals surface area contributed by atoms with Gasteiger partial charge in [-0.05, 0) is 35.4 Å². The molecule has 0 radical (unpaired) electrons. The van der Waals surface area contributed by atoms with Gasteiger partial charge in [-0.3, -0.25) is 0 Å². The summed E-state index contributed by atoms with van der Waals surface area (Å²) in [4.78, 5) is 1.80. The van der Waals surface area contributed by atoms with Crippen molar-refractivity contribution in [3.63, 3.8) is 0 Å². The predicted molar refractivity (Wildman–Crippen MR) is 77.2 cm³/mol. The molecule has 0 fully saturated rings. The normalized spacial score (nSPS) is 14.4. The molecule has 0 unspecified atom stereocenters. The van der Waals surface area contributed by atoms with Crippen molar-refractivity contribution in [2.75, 3.05) is 10.6 Å². The number of hydrogen-bond acceptors (Lipinski definition) is 2. The predicted octanol–water partition coefficient (Wildman–Crippen LogP) is 4.46. The first kappa shape index (κ1) is 14.1. The zero-order valence-corrected chi connectivity index (χ0v) is 11.7. The third-order valence-corrected chi connectivity index (χ3v) is 3.95. The van der Waals surface area contributed by atoms with E-state index in [2.05, 4.69) is 0 Å². The number of fused-ring (bicyclic) bond motifs is 1.